The van der Waals surface area contributed by atoms with Crippen molar-refractivity contribution in [2.24, 2.45) is 5.92 Å². The Balaban J connectivity index is 1.78. The number of carbonyl (C=O) groups is 1. The van der Waals surface area contributed by atoms with E-state index >= 15 is 0 Å². The molecule has 1 unspecified atom stereocenters. The fraction of sp³-hybridized carbons (Fsp3) is 0.625. The fourth-order valence-corrected chi connectivity index (χ4v) is 4.30. The Hall–Kier alpha value is -1.61. The smallest absolute Gasteiger partial charge is 0.227 e. The molecule has 27 heavy (non-hydrogen) atoms. The van der Waals surface area contributed by atoms with Gasteiger partial charge in [0.05, 0.1) is 32.1 Å². The molecular weight excluding hydrogens is 332 g/mol. The average Bonchev–Trinajstić information content (AvgIpc) is 2.66. The van der Waals surface area contributed by atoms with Crippen molar-refractivity contribution in [1.29, 1.82) is 0 Å². The summed E-state index contributed by atoms with van der Waals surface area (Å²) in [5.41, 5.74) is 2.45. The van der Waals surface area contributed by atoms with Gasteiger partial charge in [-0.25, -0.2) is 0 Å². The van der Waals surface area contributed by atoms with Crippen LogP contribution in [0.1, 0.15) is 63.5 Å². The lowest BCUT2D eigenvalue weighted by molar-refractivity contribution is -0.927. The molecule has 1 aliphatic rings. The molecule has 0 bridgehead atoms. The van der Waals surface area contributed by atoms with Crippen LogP contribution in [0.3, 0.4) is 0 Å². The monoisotopic (exact) mass is 371 g/mol. The van der Waals surface area contributed by atoms with Gasteiger partial charge in [-0.1, -0.05) is 44.7 Å². The zero-order valence-corrected chi connectivity index (χ0v) is 17.7. The molecule has 1 aromatic carbocycles. The molecule has 1 aliphatic heterocycles. The number of hydrogen-bond donors (Lipinski definition) is 1. The van der Waals surface area contributed by atoms with Gasteiger partial charge >= 0.3 is 0 Å². The third kappa shape index (κ3) is 6.80. The number of carbonyl (C=O) groups excluding carboxylic acids is 1. The van der Waals surface area contributed by atoms with E-state index in [1.54, 1.807) is 0 Å². The minimum Gasteiger partial charge on any atom is -0.355 e. The predicted molar refractivity (Wildman–Crippen MR) is 115 cm³/mol. The van der Waals surface area contributed by atoms with Crippen LogP contribution in [0, 0.1) is 5.92 Å². The first-order chi connectivity index (χ1) is 13.0. The number of benzene rings is 1. The largest absolute Gasteiger partial charge is 0.355 e. The molecule has 0 spiro atoms. The van der Waals surface area contributed by atoms with Crippen molar-refractivity contribution >= 4 is 5.91 Å². The van der Waals surface area contributed by atoms with E-state index < -0.39 is 0 Å². The summed E-state index contributed by atoms with van der Waals surface area (Å²) in [6.45, 7) is 15.9. The van der Waals surface area contributed by atoms with Gasteiger partial charge in [-0.2, -0.15) is 0 Å². The van der Waals surface area contributed by atoms with Crippen LogP contribution in [0.4, 0.5) is 0 Å². The minimum atomic E-state index is -0.0931. The summed E-state index contributed by atoms with van der Waals surface area (Å²) in [6.07, 6.45) is 8.20. The number of amides is 1. The molecule has 0 aliphatic carbocycles. The van der Waals surface area contributed by atoms with Crippen molar-refractivity contribution in [3.05, 3.63) is 48.0 Å². The van der Waals surface area contributed by atoms with Crippen molar-refractivity contribution in [3.8, 4) is 0 Å². The average molecular weight is 372 g/mol. The molecule has 1 amide bonds. The van der Waals surface area contributed by atoms with Crippen molar-refractivity contribution < 1.29 is 9.28 Å². The topological polar surface area (TPSA) is 29.1 Å². The molecule has 3 nitrogen and oxygen atoms in total. The molecule has 1 atom stereocenters. The van der Waals surface area contributed by atoms with E-state index in [-0.39, 0.29) is 11.8 Å². The molecule has 1 saturated heterocycles. The standard InChI is InChI=1S/C24H38N2O/c1-5-15-26(16-7-6-8-17-26)18-9-14-25-24(27)21(4)23-12-10-22(11-13-23)19-20(2)3/h5,10-13,20-21H,1,6-9,14-19H2,2-4H3/p+1. The van der Waals surface area contributed by atoms with Gasteiger partial charge in [0.15, 0.2) is 0 Å². The third-order valence-corrected chi connectivity index (χ3v) is 5.91. The molecule has 2 rings (SSSR count). The Labute approximate surface area is 166 Å². The minimum absolute atomic E-state index is 0.0931. The predicted octanol–water partition coefficient (Wildman–Crippen LogP) is 4.68. The van der Waals surface area contributed by atoms with Crippen molar-refractivity contribution in [2.75, 3.05) is 32.7 Å². The highest BCUT2D eigenvalue weighted by molar-refractivity contribution is 5.83. The van der Waals surface area contributed by atoms with Gasteiger partial charge in [0.25, 0.3) is 0 Å². The van der Waals surface area contributed by atoms with Gasteiger partial charge in [0, 0.05) is 13.0 Å². The third-order valence-electron chi connectivity index (χ3n) is 5.91. The number of quaternary nitrogens is 1. The van der Waals surface area contributed by atoms with E-state index in [4.69, 9.17) is 0 Å². The summed E-state index contributed by atoms with van der Waals surface area (Å²) in [4.78, 5) is 12.5. The maximum atomic E-state index is 12.5. The van der Waals surface area contributed by atoms with Crippen LogP contribution in [0.15, 0.2) is 36.9 Å². The molecule has 0 aromatic heterocycles. The second-order valence-corrected chi connectivity index (χ2v) is 8.75. The first-order valence-corrected chi connectivity index (χ1v) is 10.8. The van der Waals surface area contributed by atoms with Crippen molar-refractivity contribution in [2.45, 2.75) is 58.8 Å². The van der Waals surface area contributed by atoms with Gasteiger partial charge in [0.1, 0.15) is 0 Å². The van der Waals surface area contributed by atoms with E-state index in [0.29, 0.717) is 5.92 Å². The summed E-state index contributed by atoms with van der Waals surface area (Å²) >= 11 is 0. The first-order valence-electron chi connectivity index (χ1n) is 10.8. The van der Waals surface area contributed by atoms with E-state index in [0.717, 1.165) is 42.5 Å². The Kier molecular flexibility index (Phi) is 8.56. The Bertz CT molecular complexity index is 585. The lowest BCUT2D eigenvalue weighted by Crippen LogP contribution is -2.52. The molecule has 0 radical (unpaired) electrons. The highest BCUT2D eigenvalue weighted by Gasteiger charge is 2.28. The molecule has 1 heterocycles. The second-order valence-electron chi connectivity index (χ2n) is 8.75. The summed E-state index contributed by atoms with van der Waals surface area (Å²) in [7, 11) is 0. The van der Waals surface area contributed by atoms with E-state index in [2.05, 4.69) is 56.1 Å². The summed E-state index contributed by atoms with van der Waals surface area (Å²) in [6, 6.07) is 8.55. The number of piperidine rings is 1. The summed E-state index contributed by atoms with van der Waals surface area (Å²) in [5.74, 6) is 0.702. The fourth-order valence-electron chi connectivity index (χ4n) is 4.30. The van der Waals surface area contributed by atoms with Crippen LogP contribution in [0.5, 0.6) is 0 Å². The van der Waals surface area contributed by atoms with Gasteiger partial charge in [-0.05, 0) is 55.7 Å². The summed E-state index contributed by atoms with van der Waals surface area (Å²) < 4.78 is 1.16. The van der Waals surface area contributed by atoms with Crippen molar-refractivity contribution in [3.63, 3.8) is 0 Å². The van der Waals surface area contributed by atoms with Crippen LogP contribution in [0.2, 0.25) is 0 Å². The number of likely N-dealkylation sites (tertiary alicyclic amines) is 1. The SMILES string of the molecule is C=CC[N+]1(CCCNC(=O)C(C)c2ccc(CC(C)C)cc2)CCCCC1. The van der Waals surface area contributed by atoms with Crippen LogP contribution in [-0.4, -0.2) is 43.1 Å². The number of nitrogens with one attached hydrogen (secondary N) is 1. The molecule has 1 aromatic rings. The van der Waals surface area contributed by atoms with E-state index in [1.807, 2.05) is 6.92 Å². The van der Waals surface area contributed by atoms with Crippen LogP contribution < -0.4 is 5.32 Å². The second kappa shape index (κ2) is 10.7. The number of rotatable bonds is 10. The van der Waals surface area contributed by atoms with Crippen LogP contribution >= 0.6 is 0 Å². The van der Waals surface area contributed by atoms with Gasteiger partial charge < -0.3 is 9.80 Å². The summed E-state index contributed by atoms with van der Waals surface area (Å²) in [5, 5.41) is 3.15. The van der Waals surface area contributed by atoms with Crippen LogP contribution in [0.25, 0.3) is 0 Å². The zero-order chi connectivity index (χ0) is 19.7. The highest BCUT2D eigenvalue weighted by atomic mass is 16.1. The molecule has 1 N–H and O–H groups in total. The van der Waals surface area contributed by atoms with Gasteiger partial charge in [0.2, 0.25) is 5.91 Å². The maximum absolute atomic E-state index is 12.5. The first kappa shape index (κ1) is 21.7. The molecule has 3 heteroatoms. The Morgan fingerprint density at radius 2 is 1.81 bits per heavy atom. The van der Waals surface area contributed by atoms with E-state index in [9.17, 15) is 4.79 Å². The van der Waals surface area contributed by atoms with Crippen molar-refractivity contribution in [1.82, 2.24) is 5.32 Å². The Morgan fingerprint density at radius 3 is 2.41 bits per heavy atom. The number of hydrogen-bond acceptors (Lipinski definition) is 1. The molecular formula is C24H39N2O+. The quantitative estimate of drug-likeness (QED) is 0.361. The lowest BCUT2D eigenvalue weighted by Gasteiger charge is -2.41. The highest BCUT2D eigenvalue weighted by Crippen LogP contribution is 2.20. The Morgan fingerprint density at radius 1 is 1.15 bits per heavy atom. The molecule has 1 fully saturated rings. The van der Waals surface area contributed by atoms with Gasteiger partial charge in [-0.3, -0.25) is 4.79 Å². The lowest BCUT2D eigenvalue weighted by atomic mass is 9.96. The molecule has 0 saturated carbocycles. The van der Waals surface area contributed by atoms with Crippen LogP contribution in [-0.2, 0) is 11.2 Å². The van der Waals surface area contributed by atoms with Gasteiger partial charge in [-0.15, -0.1) is 0 Å². The normalized spacial score (nSPS) is 17.5. The molecule has 150 valence electrons. The number of nitrogens with zero attached hydrogens (tertiary/aromatic N) is 1. The van der Waals surface area contributed by atoms with E-state index in [1.165, 1.54) is 37.9 Å². The zero-order valence-electron chi connectivity index (χ0n) is 17.7. The maximum Gasteiger partial charge on any atom is 0.227 e.